The van der Waals surface area contributed by atoms with Gasteiger partial charge in [-0.25, -0.2) is 9.59 Å². The van der Waals surface area contributed by atoms with Crippen molar-refractivity contribution >= 4 is 12.1 Å². The van der Waals surface area contributed by atoms with Crippen LogP contribution >= 0.6 is 0 Å². The SMILES string of the molecule is COC(=O)/C=C\[C@@H](COCc1ccccc1)NC(=O)OCc1ccccc1. The maximum absolute atomic E-state index is 12.0. The van der Waals surface area contributed by atoms with E-state index in [0.29, 0.717) is 6.61 Å². The van der Waals surface area contributed by atoms with E-state index in [9.17, 15) is 9.59 Å². The number of hydrogen-bond donors (Lipinski definition) is 1. The molecule has 2 aromatic carbocycles. The smallest absolute Gasteiger partial charge is 0.408 e. The summed E-state index contributed by atoms with van der Waals surface area (Å²) in [7, 11) is 1.29. The Morgan fingerprint density at radius 3 is 2.15 bits per heavy atom. The van der Waals surface area contributed by atoms with Crippen LogP contribution in [-0.2, 0) is 32.2 Å². The maximum Gasteiger partial charge on any atom is 0.408 e. The van der Waals surface area contributed by atoms with Crippen LogP contribution in [0.2, 0.25) is 0 Å². The predicted octanol–water partition coefficient (Wildman–Crippen LogP) is 3.23. The lowest BCUT2D eigenvalue weighted by molar-refractivity contribution is -0.134. The summed E-state index contributed by atoms with van der Waals surface area (Å²) in [4.78, 5) is 23.3. The van der Waals surface area contributed by atoms with E-state index in [0.717, 1.165) is 11.1 Å². The van der Waals surface area contributed by atoms with E-state index < -0.39 is 18.1 Å². The molecule has 6 heteroatoms. The average molecular weight is 369 g/mol. The molecule has 0 aliphatic heterocycles. The standard InChI is InChI=1S/C21H23NO5/c1-25-20(23)13-12-19(16-26-14-17-8-4-2-5-9-17)22-21(24)27-15-18-10-6-3-7-11-18/h2-13,19H,14-16H2,1H3,(H,22,24)/b13-12-/t19-/m0/s1. The molecule has 0 heterocycles. The van der Waals surface area contributed by atoms with E-state index in [-0.39, 0.29) is 13.2 Å². The third-order valence-corrected chi connectivity index (χ3v) is 3.59. The molecule has 1 N–H and O–H groups in total. The van der Waals surface area contributed by atoms with E-state index >= 15 is 0 Å². The molecule has 0 bridgehead atoms. The fraction of sp³-hybridized carbons (Fsp3) is 0.238. The molecule has 0 saturated heterocycles. The van der Waals surface area contributed by atoms with E-state index in [1.807, 2.05) is 60.7 Å². The summed E-state index contributed by atoms with van der Waals surface area (Å²) < 4.78 is 15.4. The normalized spacial score (nSPS) is 11.7. The number of rotatable bonds is 9. The Kier molecular flexibility index (Phi) is 8.59. The molecule has 0 unspecified atom stereocenters. The van der Waals surface area contributed by atoms with E-state index in [2.05, 4.69) is 10.1 Å². The van der Waals surface area contributed by atoms with Crippen molar-refractivity contribution in [2.45, 2.75) is 19.3 Å². The van der Waals surface area contributed by atoms with Gasteiger partial charge in [-0.2, -0.15) is 0 Å². The first kappa shape index (κ1) is 20.2. The largest absolute Gasteiger partial charge is 0.466 e. The lowest BCUT2D eigenvalue weighted by Gasteiger charge is -2.15. The van der Waals surface area contributed by atoms with Crippen molar-refractivity contribution in [2.24, 2.45) is 0 Å². The van der Waals surface area contributed by atoms with Gasteiger partial charge in [0.15, 0.2) is 0 Å². The Morgan fingerprint density at radius 1 is 0.963 bits per heavy atom. The first-order valence-corrected chi connectivity index (χ1v) is 8.52. The fourth-order valence-electron chi connectivity index (χ4n) is 2.20. The van der Waals surface area contributed by atoms with Crippen molar-refractivity contribution in [3.05, 3.63) is 83.9 Å². The van der Waals surface area contributed by atoms with Crippen molar-refractivity contribution in [1.82, 2.24) is 5.32 Å². The van der Waals surface area contributed by atoms with Crippen molar-refractivity contribution in [3.8, 4) is 0 Å². The summed E-state index contributed by atoms with van der Waals surface area (Å²) in [6.07, 6.45) is 2.16. The maximum atomic E-state index is 12.0. The molecular weight excluding hydrogens is 346 g/mol. The van der Waals surface area contributed by atoms with Gasteiger partial charge in [0.2, 0.25) is 0 Å². The third kappa shape index (κ3) is 8.20. The lowest BCUT2D eigenvalue weighted by atomic mass is 10.2. The van der Waals surface area contributed by atoms with Gasteiger partial charge in [0, 0.05) is 6.08 Å². The molecule has 2 rings (SSSR count). The number of hydrogen-bond acceptors (Lipinski definition) is 5. The van der Waals surface area contributed by atoms with Gasteiger partial charge in [0.25, 0.3) is 0 Å². The van der Waals surface area contributed by atoms with Gasteiger partial charge < -0.3 is 19.5 Å². The average Bonchev–Trinajstić information content (AvgIpc) is 2.71. The molecule has 0 fully saturated rings. The minimum atomic E-state index is -0.596. The van der Waals surface area contributed by atoms with Crippen molar-refractivity contribution in [1.29, 1.82) is 0 Å². The molecule has 0 aliphatic carbocycles. The highest BCUT2D eigenvalue weighted by molar-refractivity contribution is 5.82. The molecule has 1 amide bonds. The van der Waals surface area contributed by atoms with E-state index in [1.165, 1.54) is 19.3 Å². The molecule has 0 aliphatic rings. The number of carbonyl (C=O) groups excluding carboxylic acids is 2. The minimum absolute atomic E-state index is 0.158. The molecule has 0 spiro atoms. The Hall–Kier alpha value is -3.12. The van der Waals surface area contributed by atoms with Crippen LogP contribution in [0.25, 0.3) is 0 Å². The Bertz CT molecular complexity index is 731. The van der Waals surface area contributed by atoms with Crippen molar-refractivity contribution < 1.29 is 23.8 Å². The van der Waals surface area contributed by atoms with Crippen LogP contribution in [0.4, 0.5) is 4.79 Å². The second-order valence-corrected chi connectivity index (χ2v) is 5.70. The molecular formula is C21H23NO5. The van der Waals surface area contributed by atoms with Gasteiger partial charge in [-0.15, -0.1) is 0 Å². The van der Waals surface area contributed by atoms with Crippen LogP contribution in [0, 0.1) is 0 Å². The number of ether oxygens (including phenoxy) is 3. The van der Waals surface area contributed by atoms with Crippen LogP contribution in [0.3, 0.4) is 0 Å². The number of alkyl carbamates (subject to hydrolysis) is 1. The van der Waals surface area contributed by atoms with Crippen molar-refractivity contribution in [3.63, 3.8) is 0 Å². The lowest BCUT2D eigenvalue weighted by Crippen LogP contribution is -2.37. The predicted molar refractivity (Wildman–Crippen MR) is 101 cm³/mol. The molecule has 6 nitrogen and oxygen atoms in total. The van der Waals surface area contributed by atoms with E-state index in [1.54, 1.807) is 0 Å². The topological polar surface area (TPSA) is 73.9 Å². The second-order valence-electron chi connectivity index (χ2n) is 5.70. The summed E-state index contributed by atoms with van der Waals surface area (Å²) in [6.45, 7) is 0.734. The fourth-order valence-corrected chi connectivity index (χ4v) is 2.20. The number of esters is 1. The van der Waals surface area contributed by atoms with Crippen molar-refractivity contribution in [2.75, 3.05) is 13.7 Å². The molecule has 27 heavy (non-hydrogen) atoms. The van der Waals surface area contributed by atoms with Crippen LogP contribution in [0.5, 0.6) is 0 Å². The van der Waals surface area contributed by atoms with Gasteiger partial charge in [0.05, 0.1) is 26.4 Å². The number of methoxy groups -OCH3 is 1. The highest BCUT2D eigenvalue weighted by Gasteiger charge is 2.12. The van der Waals surface area contributed by atoms with Gasteiger partial charge >= 0.3 is 12.1 Å². The minimum Gasteiger partial charge on any atom is -0.466 e. The Morgan fingerprint density at radius 2 is 1.56 bits per heavy atom. The van der Waals surface area contributed by atoms with Crippen LogP contribution in [0.15, 0.2) is 72.8 Å². The molecule has 0 radical (unpaired) electrons. The summed E-state index contributed by atoms with van der Waals surface area (Å²) in [6, 6.07) is 18.5. The summed E-state index contributed by atoms with van der Waals surface area (Å²) in [5, 5.41) is 2.67. The first-order valence-electron chi connectivity index (χ1n) is 8.52. The molecule has 0 saturated carbocycles. The first-order chi connectivity index (χ1) is 13.2. The summed E-state index contributed by atoms with van der Waals surface area (Å²) >= 11 is 0. The highest BCUT2D eigenvalue weighted by Crippen LogP contribution is 2.03. The summed E-state index contributed by atoms with van der Waals surface area (Å²) in [5.74, 6) is -0.512. The molecule has 0 aromatic heterocycles. The number of nitrogens with one attached hydrogen (secondary N) is 1. The van der Waals surface area contributed by atoms with E-state index in [4.69, 9.17) is 9.47 Å². The van der Waals surface area contributed by atoms with Gasteiger partial charge in [-0.3, -0.25) is 0 Å². The molecule has 2 aromatic rings. The zero-order chi connectivity index (χ0) is 19.3. The molecule has 1 atom stereocenters. The number of carbonyl (C=O) groups is 2. The quantitative estimate of drug-likeness (QED) is 0.543. The summed E-state index contributed by atoms with van der Waals surface area (Å²) in [5.41, 5.74) is 1.90. The number of benzene rings is 2. The highest BCUT2D eigenvalue weighted by atomic mass is 16.5. The molecule has 142 valence electrons. The zero-order valence-electron chi connectivity index (χ0n) is 15.2. The Labute approximate surface area is 158 Å². The van der Waals surface area contributed by atoms with Crippen LogP contribution < -0.4 is 5.32 Å². The van der Waals surface area contributed by atoms with Crippen LogP contribution in [0.1, 0.15) is 11.1 Å². The zero-order valence-corrected chi connectivity index (χ0v) is 15.2. The van der Waals surface area contributed by atoms with Crippen LogP contribution in [-0.4, -0.2) is 31.8 Å². The van der Waals surface area contributed by atoms with Gasteiger partial charge in [-0.05, 0) is 11.1 Å². The monoisotopic (exact) mass is 369 g/mol. The number of amides is 1. The second kappa shape index (κ2) is 11.5. The van der Waals surface area contributed by atoms with Gasteiger partial charge in [-0.1, -0.05) is 66.7 Å². The van der Waals surface area contributed by atoms with Gasteiger partial charge in [0.1, 0.15) is 6.61 Å². The third-order valence-electron chi connectivity index (χ3n) is 3.59. The Balaban J connectivity index is 1.85.